The number of hydrogen-bond acceptors (Lipinski definition) is 3. The molecule has 0 radical (unpaired) electrons. The molecule has 0 unspecified atom stereocenters. The lowest BCUT2D eigenvalue weighted by Gasteiger charge is -2.32. The molecule has 1 aliphatic heterocycles. The molecule has 1 aromatic rings. The molecule has 0 spiro atoms. The van der Waals surface area contributed by atoms with E-state index in [0.717, 1.165) is 24.8 Å². The molecule has 1 N–H and O–H groups in total. The lowest BCUT2D eigenvalue weighted by atomic mass is 10.0. The van der Waals surface area contributed by atoms with Crippen molar-refractivity contribution in [3.05, 3.63) is 41.5 Å². The van der Waals surface area contributed by atoms with Crippen LogP contribution in [0.25, 0.3) is 0 Å². The number of para-hydroxylation sites is 1. The summed E-state index contributed by atoms with van der Waals surface area (Å²) in [6.07, 6.45) is 4.32. The summed E-state index contributed by atoms with van der Waals surface area (Å²) >= 11 is 0. The summed E-state index contributed by atoms with van der Waals surface area (Å²) in [5.74, 6) is 0.620. The minimum absolute atomic E-state index is 0.00381. The first-order chi connectivity index (χ1) is 12.1. The molecule has 1 heterocycles. The third-order valence-corrected chi connectivity index (χ3v) is 4.40. The standard InChI is InChI=1S/C20H28N2O3/c1-4-8-15(3)19(23)21-16-11-13-22(14-12-16)20(24)17-9-6-7-10-18(17)25-5-2/h6-10,16H,4-5,11-14H2,1-3H3,(H,21,23)/b15-8+. The molecule has 25 heavy (non-hydrogen) atoms. The Balaban J connectivity index is 1.93. The molecule has 1 saturated heterocycles. The van der Waals surface area contributed by atoms with Gasteiger partial charge in [0.1, 0.15) is 5.75 Å². The van der Waals surface area contributed by atoms with E-state index < -0.39 is 0 Å². The Morgan fingerprint density at radius 2 is 1.92 bits per heavy atom. The van der Waals surface area contributed by atoms with Gasteiger partial charge in [0.05, 0.1) is 12.2 Å². The van der Waals surface area contributed by atoms with E-state index >= 15 is 0 Å². The molecule has 1 aliphatic rings. The van der Waals surface area contributed by atoms with E-state index in [9.17, 15) is 9.59 Å². The minimum atomic E-state index is -0.00619. The van der Waals surface area contributed by atoms with Crippen LogP contribution in [0.4, 0.5) is 0 Å². The number of likely N-dealkylation sites (tertiary alicyclic amines) is 1. The van der Waals surface area contributed by atoms with E-state index in [1.54, 1.807) is 6.07 Å². The Kier molecular flexibility index (Phi) is 7.04. The maximum Gasteiger partial charge on any atom is 0.257 e. The summed E-state index contributed by atoms with van der Waals surface area (Å²) in [5, 5.41) is 3.06. The van der Waals surface area contributed by atoms with E-state index in [-0.39, 0.29) is 17.9 Å². The van der Waals surface area contributed by atoms with Crippen molar-refractivity contribution in [3.63, 3.8) is 0 Å². The first-order valence-corrected chi connectivity index (χ1v) is 9.05. The summed E-state index contributed by atoms with van der Waals surface area (Å²) < 4.78 is 5.56. The molecule has 1 aromatic carbocycles. The number of ether oxygens (including phenoxy) is 1. The molecule has 0 aliphatic carbocycles. The molecule has 2 rings (SSSR count). The van der Waals surface area contributed by atoms with Crippen LogP contribution in [0.15, 0.2) is 35.9 Å². The van der Waals surface area contributed by atoms with E-state index in [0.29, 0.717) is 31.0 Å². The summed E-state index contributed by atoms with van der Waals surface area (Å²) in [7, 11) is 0. The fourth-order valence-electron chi connectivity index (χ4n) is 3.02. The summed E-state index contributed by atoms with van der Waals surface area (Å²) in [6, 6.07) is 7.48. The normalized spacial score (nSPS) is 15.8. The fourth-order valence-corrected chi connectivity index (χ4v) is 3.02. The number of hydrogen-bond donors (Lipinski definition) is 1. The number of benzene rings is 1. The molecule has 2 amide bonds. The summed E-state index contributed by atoms with van der Waals surface area (Å²) in [4.78, 5) is 26.7. The van der Waals surface area contributed by atoms with Gasteiger partial charge in [-0.3, -0.25) is 9.59 Å². The van der Waals surface area contributed by atoms with Crippen molar-refractivity contribution >= 4 is 11.8 Å². The molecule has 0 saturated carbocycles. The molecular formula is C20H28N2O3. The van der Waals surface area contributed by atoms with Crippen LogP contribution in [0, 0.1) is 0 Å². The third kappa shape index (κ3) is 5.08. The summed E-state index contributed by atoms with van der Waals surface area (Å²) in [6.45, 7) is 7.57. The molecular weight excluding hydrogens is 316 g/mol. The van der Waals surface area contributed by atoms with Crippen LogP contribution in [0.2, 0.25) is 0 Å². The van der Waals surface area contributed by atoms with E-state index in [1.807, 2.05) is 49.9 Å². The highest BCUT2D eigenvalue weighted by Crippen LogP contribution is 2.22. The lowest BCUT2D eigenvalue weighted by molar-refractivity contribution is -0.118. The predicted octanol–water partition coefficient (Wildman–Crippen LogP) is 3.16. The van der Waals surface area contributed by atoms with Gasteiger partial charge in [-0.25, -0.2) is 0 Å². The van der Waals surface area contributed by atoms with Crippen LogP contribution in [0.1, 0.15) is 50.4 Å². The largest absolute Gasteiger partial charge is 0.493 e. The van der Waals surface area contributed by atoms with E-state index in [1.165, 1.54) is 0 Å². The van der Waals surface area contributed by atoms with Crippen LogP contribution in [0.3, 0.4) is 0 Å². The number of nitrogens with zero attached hydrogens (tertiary/aromatic N) is 1. The number of rotatable bonds is 6. The van der Waals surface area contributed by atoms with Crippen molar-refractivity contribution < 1.29 is 14.3 Å². The third-order valence-electron chi connectivity index (χ3n) is 4.40. The quantitative estimate of drug-likeness (QED) is 0.807. The van der Waals surface area contributed by atoms with Crippen LogP contribution < -0.4 is 10.1 Å². The van der Waals surface area contributed by atoms with Gasteiger partial charge in [0.15, 0.2) is 0 Å². The topological polar surface area (TPSA) is 58.6 Å². The smallest absolute Gasteiger partial charge is 0.257 e. The van der Waals surface area contributed by atoms with Crippen LogP contribution in [-0.4, -0.2) is 42.5 Å². The van der Waals surface area contributed by atoms with Gasteiger partial charge in [-0.1, -0.05) is 25.1 Å². The molecule has 0 atom stereocenters. The first kappa shape index (κ1) is 19.0. The second-order valence-corrected chi connectivity index (χ2v) is 6.26. The zero-order valence-corrected chi connectivity index (χ0v) is 15.4. The van der Waals surface area contributed by atoms with Crippen molar-refractivity contribution in [2.24, 2.45) is 0 Å². The monoisotopic (exact) mass is 344 g/mol. The number of allylic oxidation sites excluding steroid dienone is 1. The predicted molar refractivity (Wildman–Crippen MR) is 98.7 cm³/mol. The minimum Gasteiger partial charge on any atom is -0.493 e. The number of amides is 2. The zero-order valence-electron chi connectivity index (χ0n) is 15.4. The molecule has 0 aromatic heterocycles. The van der Waals surface area contributed by atoms with Crippen molar-refractivity contribution in [2.75, 3.05) is 19.7 Å². The lowest BCUT2D eigenvalue weighted by Crippen LogP contribution is -2.46. The van der Waals surface area contributed by atoms with E-state index in [4.69, 9.17) is 4.74 Å². The van der Waals surface area contributed by atoms with Gasteiger partial charge >= 0.3 is 0 Å². The fraction of sp³-hybridized carbons (Fsp3) is 0.500. The number of piperidine rings is 1. The van der Waals surface area contributed by atoms with Crippen molar-refractivity contribution in [2.45, 2.75) is 46.1 Å². The SMILES string of the molecule is CC/C=C(\C)C(=O)NC1CCN(C(=O)c2ccccc2OCC)CC1. The number of carbonyl (C=O) groups excluding carboxylic acids is 2. The Morgan fingerprint density at radius 3 is 2.56 bits per heavy atom. The Labute approximate surface area is 150 Å². The van der Waals surface area contributed by atoms with Crippen molar-refractivity contribution in [3.8, 4) is 5.75 Å². The van der Waals surface area contributed by atoms with Crippen LogP contribution in [0.5, 0.6) is 5.75 Å². The van der Waals surface area contributed by atoms with Gasteiger partial charge in [-0.05, 0) is 45.2 Å². The van der Waals surface area contributed by atoms with Gasteiger partial charge in [0.2, 0.25) is 5.91 Å². The Hall–Kier alpha value is -2.30. The molecule has 5 nitrogen and oxygen atoms in total. The average molecular weight is 344 g/mol. The first-order valence-electron chi connectivity index (χ1n) is 9.05. The van der Waals surface area contributed by atoms with Crippen LogP contribution in [-0.2, 0) is 4.79 Å². The number of carbonyl (C=O) groups is 2. The average Bonchev–Trinajstić information content (AvgIpc) is 2.63. The van der Waals surface area contributed by atoms with Gasteiger partial charge in [-0.2, -0.15) is 0 Å². The second-order valence-electron chi connectivity index (χ2n) is 6.26. The molecule has 1 fully saturated rings. The number of nitrogens with one attached hydrogen (secondary N) is 1. The maximum absolute atomic E-state index is 12.8. The Bertz CT molecular complexity index is 632. The molecule has 5 heteroatoms. The van der Waals surface area contributed by atoms with Crippen molar-refractivity contribution in [1.29, 1.82) is 0 Å². The summed E-state index contributed by atoms with van der Waals surface area (Å²) in [5.41, 5.74) is 1.36. The highest BCUT2D eigenvalue weighted by molar-refractivity contribution is 5.97. The van der Waals surface area contributed by atoms with Gasteiger partial charge in [0.25, 0.3) is 5.91 Å². The van der Waals surface area contributed by atoms with Crippen molar-refractivity contribution in [1.82, 2.24) is 10.2 Å². The highest BCUT2D eigenvalue weighted by Gasteiger charge is 2.26. The van der Waals surface area contributed by atoms with Gasteiger partial charge < -0.3 is 15.0 Å². The van der Waals surface area contributed by atoms with Crippen LogP contribution >= 0.6 is 0 Å². The van der Waals surface area contributed by atoms with Gasteiger partial charge in [-0.15, -0.1) is 0 Å². The second kappa shape index (κ2) is 9.25. The maximum atomic E-state index is 12.8. The molecule has 0 bridgehead atoms. The molecule has 136 valence electrons. The van der Waals surface area contributed by atoms with E-state index in [2.05, 4.69) is 5.32 Å². The Morgan fingerprint density at radius 1 is 1.24 bits per heavy atom. The zero-order chi connectivity index (χ0) is 18.2. The highest BCUT2D eigenvalue weighted by atomic mass is 16.5. The van der Waals surface area contributed by atoms with Gasteiger partial charge in [0, 0.05) is 24.7 Å².